The van der Waals surface area contributed by atoms with Crippen LogP contribution in [0.25, 0.3) is 32.7 Å². The first-order chi connectivity index (χ1) is 51.3. The fraction of sp³-hybridized carbons (Fsp3) is 0.177. The number of anilines is 4. The Morgan fingerprint density at radius 3 is 1.55 bits per heavy atom. The van der Waals surface area contributed by atoms with Gasteiger partial charge >= 0.3 is 5.97 Å². The van der Waals surface area contributed by atoms with Gasteiger partial charge in [0, 0.05) is 100 Å². The van der Waals surface area contributed by atoms with E-state index in [0.717, 1.165) is 38.6 Å². The first-order valence-electron chi connectivity index (χ1n) is 33.7. The summed E-state index contributed by atoms with van der Waals surface area (Å²) in [5, 5.41) is 21.9. The molecule has 12 aromatic rings. The molecule has 3 N–H and O–H groups in total. The van der Waals surface area contributed by atoms with Gasteiger partial charge in [-0.2, -0.15) is 13.9 Å². The van der Waals surface area contributed by atoms with Gasteiger partial charge in [0.25, 0.3) is 17.5 Å². The number of aromatic nitrogens is 3. The number of rotatable bonds is 21. The van der Waals surface area contributed by atoms with Crippen LogP contribution in [0.15, 0.2) is 186 Å². The average Bonchev–Trinajstić information content (AvgIpc) is 1.68. The molecule has 3 aliphatic heterocycles. The van der Waals surface area contributed by atoms with Gasteiger partial charge in [0.2, 0.25) is 46.6 Å². The molecule has 3 aromatic heterocycles. The number of halogens is 6. The number of H-pyrrole nitrogens is 3. The van der Waals surface area contributed by atoms with Crippen LogP contribution >= 0.6 is 11.6 Å². The molecule has 0 spiro atoms. The molecule has 3 aliphatic rings. The minimum Gasteiger partial charge on any atom is -0.497 e. The van der Waals surface area contributed by atoms with E-state index in [1.54, 1.807) is 76.3 Å². The number of hydrogen-bond acceptors (Lipinski definition) is 13. The van der Waals surface area contributed by atoms with Gasteiger partial charge in [0.1, 0.15) is 39.9 Å². The van der Waals surface area contributed by atoms with Gasteiger partial charge in [-0.05, 0) is 168 Å². The van der Waals surface area contributed by atoms with Crippen LogP contribution in [0.5, 0.6) is 17.2 Å². The van der Waals surface area contributed by atoms with Gasteiger partial charge in [0.05, 0.1) is 42.9 Å². The minimum atomic E-state index is -2.40. The molecule has 0 fully saturated rings. The number of nitro benzene ring substituents is 1. The molecule has 0 unspecified atom stereocenters. The fourth-order valence-corrected chi connectivity index (χ4v) is 14.6. The third-order valence-corrected chi connectivity index (χ3v) is 19.9. The number of carbonyl (C=O) groups excluding carboxylic acids is 5. The van der Waals surface area contributed by atoms with E-state index >= 15 is 0 Å². The van der Waals surface area contributed by atoms with Crippen LogP contribution in [-0.2, 0) is 39.2 Å². The van der Waals surface area contributed by atoms with E-state index in [4.69, 9.17) is 25.8 Å². The van der Waals surface area contributed by atoms with Crippen molar-refractivity contribution < 1.29 is 69.8 Å². The van der Waals surface area contributed by atoms with Gasteiger partial charge in [-0.3, -0.25) is 29.3 Å². The van der Waals surface area contributed by atoms with Gasteiger partial charge in [-0.15, -0.1) is 5.11 Å². The predicted octanol–water partition coefficient (Wildman–Crippen LogP) is 16.5. The normalized spacial score (nSPS) is 13.3. The highest BCUT2D eigenvalue weighted by Gasteiger charge is 2.40. The number of nitrogens with one attached hydrogen (secondary N) is 3. The smallest absolute Gasteiger partial charge is 0.360 e. The molecule has 0 bridgehead atoms. The van der Waals surface area contributed by atoms with E-state index in [-0.39, 0.29) is 90.4 Å². The van der Waals surface area contributed by atoms with Gasteiger partial charge in [-0.1, -0.05) is 66.2 Å². The van der Waals surface area contributed by atoms with Crippen LogP contribution in [-0.4, -0.2) is 96.5 Å². The van der Waals surface area contributed by atoms with E-state index in [1.807, 2.05) is 109 Å². The number of methoxy groups -OCH3 is 2. The summed E-state index contributed by atoms with van der Waals surface area (Å²) in [6.45, 7) is 1.07. The second kappa shape index (κ2) is 28.2. The van der Waals surface area contributed by atoms with Crippen molar-refractivity contribution in [1.82, 2.24) is 15.0 Å². The Kier molecular flexibility index (Phi) is 18.4. The number of esters is 1. The van der Waals surface area contributed by atoms with Crippen LogP contribution in [0, 0.1) is 39.2 Å². The highest BCUT2D eigenvalue weighted by Crippen LogP contribution is 2.45. The topological polar surface area (TPSA) is 250 Å². The number of fused-ring (bicyclic) bond motifs is 9. The van der Waals surface area contributed by atoms with E-state index in [0.29, 0.717) is 105 Å². The summed E-state index contributed by atoms with van der Waals surface area (Å²) in [5.41, 5.74) is 8.47. The Morgan fingerprint density at radius 1 is 0.557 bits per heavy atom. The number of non-ortho nitro benzene ring substituents is 1. The number of benzene rings is 9. The zero-order chi connectivity index (χ0) is 73.8. The van der Waals surface area contributed by atoms with Crippen molar-refractivity contribution in [2.24, 2.45) is 10.2 Å². The van der Waals surface area contributed by atoms with Crippen molar-refractivity contribution >= 4 is 114 Å². The molecule has 0 saturated carbocycles. The molecule has 0 radical (unpaired) electrons. The number of aromatic amines is 3. The van der Waals surface area contributed by atoms with E-state index < -0.39 is 51.3 Å². The predicted molar refractivity (Wildman–Crippen MR) is 386 cm³/mol. The summed E-state index contributed by atoms with van der Waals surface area (Å²) in [7, 11) is 3.18. The van der Waals surface area contributed by atoms with Crippen molar-refractivity contribution in [3.8, 4) is 17.2 Å². The molecule has 4 amide bonds. The van der Waals surface area contributed by atoms with Gasteiger partial charge in [0.15, 0.2) is 0 Å². The molecule has 0 saturated heterocycles. The monoisotopic (exact) mass is 1450 g/mol. The Hall–Kier alpha value is -12.6. The van der Waals surface area contributed by atoms with Crippen LogP contribution < -0.4 is 33.8 Å². The molecular weight excluding hydrogens is 1400 g/mol. The second-order valence-corrected chi connectivity index (χ2v) is 25.9. The largest absolute Gasteiger partial charge is 0.497 e. The minimum absolute atomic E-state index is 0.0414. The maximum absolute atomic E-state index is 14.9. The summed E-state index contributed by atoms with van der Waals surface area (Å²) in [4.78, 5) is 98.2. The Morgan fingerprint density at radius 2 is 1.04 bits per heavy atom. The van der Waals surface area contributed by atoms with Crippen molar-refractivity contribution in [2.45, 2.75) is 44.1 Å². The Labute approximate surface area is 604 Å². The van der Waals surface area contributed by atoms with Crippen LogP contribution in [0.2, 0.25) is 5.02 Å². The van der Waals surface area contributed by atoms with E-state index in [1.165, 1.54) is 24.3 Å². The van der Waals surface area contributed by atoms with Crippen LogP contribution in [0.1, 0.15) is 84.1 Å². The maximum atomic E-state index is 14.9. The third-order valence-electron chi connectivity index (χ3n) is 19.6. The number of amides is 4. The summed E-state index contributed by atoms with van der Waals surface area (Å²) in [5.74, 6) is -14.5. The van der Waals surface area contributed by atoms with Crippen LogP contribution in [0.4, 0.5) is 61.8 Å². The number of carbonyl (C=O) groups is 5. The molecule has 6 heterocycles. The summed E-state index contributed by atoms with van der Waals surface area (Å²) in [6.07, 6.45) is 1.61. The number of hydrogen-bond donors (Lipinski definition) is 3. The molecule has 27 heteroatoms. The van der Waals surface area contributed by atoms with E-state index in [2.05, 4.69) is 29.9 Å². The lowest BCUT2D eigenvalue weighted by atomic mass is 9.80. The average molecular weight is 1460 g/mol. The lowest BCUT2D eigenvalue weighted by Gasteiger charge is -2.36. The lowest BCUT2D eigenvalue weighted by molar-refractivity contribution is -0.384. The van der Waals surface area contributed by atoms with Gasteiger partial charge in [-0.25, -0.2) is 18.0 Å². The van der Waals surface area contributed by atoms with Crippen molar-refractivity contribution in [1.29, 1.82) is 0 Å². The molecule has 106 heavy (non-hydrogen) atoms. The summed E-state index contributed by atoms with van der Waals surface area (Å²) >= 11 is 6.32. The first-order valence-corrected chi connectivity index (χ1v) is 34.0. The quantitative estimate of drug-likeness (QED) is 0.00702. The highest BCUT2D eigenvalue weighted by atomic mass is 35.5. The number of nitro groups is 1. The zero-order valence-electron chi connectivity index (χ0n) is 56.4. The van der Waals surface area contributed by atoms with Gasteiger partial charge < -0.3 is 53.5 Å². The van der Waals surface area contributed by atoms with Crippen LogP contribution in [0.3, 0.4) is 0 Å². The number of nitrogens with zero attached hydrogens (tertiary/aromatic N) is 7. The van der Waals surface area contributed by atoms with E-state index in [9.17, 15) is 56.0 Å². The zero-order valence-corrected chi connectivity index (χ0v) is 57.2. The summed E-state index contributed by atoms with van der Waals surface area (Å²) in [6, 6.07) is 51.0. The second-order valence-electron chi connectivity index (χ2n) is 25.5. The SMILES string of the molecule is COc1ccc(C(OCCC(=O)N(CCCC(=O)N2CCc3c2ccc2[nH]c(C(=O)N4CCc5c4ccc4[nH]c(C(=O)N6CCc7c6ccc6[nH]c(C(=O)Oc8c(F)c(F)c(F)c(F)c8F)cc76)cc54)cc32)c2ccc(N=Nc3ccc([N+](=O)[O-])cc3Cl)cc2)(c2ccccc2)c2ccc(OC)cc2)cc1. The molecule has 15 rings (SSSR count). The summed E-state index contributed by atoms with van der Waals surface area (Å²) < 4.78 is 93.1. The lowest BCUT2D eigenvalue weighted by Crippen LogP contribution is -2.37. The third kappa shape index (κ3) is 12.5. The molecule has 9 aromatic carbocycles. The fourth-order valence-electron chi connectivity index (χ4n) is 14.4. The van der Waals surface area contributed by atoms with Crippen molar-refractivity contribution in [3.63, 3.8) is 0 Å². The standard InChI is InChI=1S/C79H60ClF5N10O11/c1-103-49-19-10-44(11-20-49)79(43-7-4-3-5-8-43,45-12-21-50(104-2)22-13-45)105-38-33-69(97)91(47-16-14-46(15-17-47)89-90-61-23-18-48(95(101)102)39-57(61)80)34-6-9-68(96)92-35-30-51-54-40-62(86-58(54)24-27-65(51)92)76(98)93-36-31-52-55-41-63(87-59(55)25-28-66(52)93)77(99)94-37-32-53-56-42-64(88-60(56)26-29-67(53)94)78(100)106-75-73(84)71(82)70(81)72(83)74(75)85/h3-5,7-8,10-29,39-42,86-88H,6,9,30-38H2,1-2H3. The molecular formula is C79H60ClF5N10O11. The number of azo groups is 1. The van der Waals surface area contributed by atoms with Crippen molar-refractivity contribution in [3.05, 3.63) is 271 Å². The Balaban J connectivity index is 0.630. The highest BCUT2D eigenvalue weighted by molar-refractivity contribution is 6.33. The molecule has 534 valence electrons. The van der Waals surface area contributed by atoms with Crippen molar-refractivity contribution in [2.75, 3.05) is 66.6 Å². The number of ether oxygens (including phenoxy) is 4. The first kappa shape index (κ1) is 69.2. The Bertz CT molecular complexity index is 5520. The maximum Gasteiger partial charge on any atom is 0.360 e. The molecule has 0 aliphatic carbocycles. The molecule has 0 atom stereocenters. The molecule has 21 nitrogen and oxygen atoms in total.